The van der Waals surface area contributed by atoms with E-state index >= 15 is 0 Å². The van der Waals surface area contributed by atoms with Crippen molar-refractivity contribution in [1.29, 1.82) is 0 Å². The third-order valence-electron chi connectivity index (χ3n) is 2.54. The van der Waals surface area contributed by atoms with Crippen LogP contribution >= 0.6 is 28.1 Å². The van der Waals surface area contributed by atoms with Crippen molar-refractivity contribution in [3.63, 3.8) is 0 Å². The molecule has 1 atom stereocenters. The molecule has 16 heavy (non-hydrogen) atoms. The second-order valence-electron chi connectivity index (χ2n) is 3.76. The van der Waals surface area contributed by atoms with E-state index in [9.17, 15) is 0 Å². The summed E-state index contributed by atoms with van der Waals surface area (Å²) < 4.78 is 6.23. The van der Waals surface area contributed by atoms with E-state index in [0.717, 1.165) is 35.4 Å². The van der Waals surface area contributed by atoms with Crippen molar-refractivity contribution in [3.8, 4) is 0 Å². The molecule has 0 aromatic heterocycles. The standard InChI is InChI=1S/C11H13BrN2OS/c12-10-5-7(1-2-9(10)11(13)16)14-8-3-4-15-6-8/h1-2,5,8,14H,3-4,6H2,(H2,13,16). The summed E-state index contributed by atoms with van der Waals surface area (Å²) in [4.78, 5) is 0.405. The van der Waals surface area contributed by atoms with Crippen molar-refractivity contribution in [2.24, 2.45) is 5.73 Å². The van der Waals surface area contributed by atoms with Crippen LogP contribution in [0.2, 0.25) is 0 Å². The molecule has 3 nitrogen and oxygen atoms in total. The molecule has 0 aliphatic carbocycles. The van der Waals surface area contributed by atoms with Crippen LogP contribution in [0.25, 0.3) is 0 Å². The van der Waals surface area contributed by atoms with E-state index in [4.69, 9.17) is 22.7 Å². The Labute approximate surface area is 108 Å². The van der Waals surface area contributed by atoms with Crippen LogP contribution in [-0.4, -0.2) is 24.2 Å². The fourth-order valence-electron chi connectivity index (χ4n) is 1.69. The maximum atomic E-state index is 5.59. The monoisotopic (exact) mass is 300 g/mol. The van der Waals surface area contributed by atoms with Gasteiger partial charge in [-0.3, -0.25) is 0 Å². The largest absolute Gasteiger partial charge is 0.389 e. The van der Waals surface area contributed by atoms with E-state index in [2.05, 4.69) is 21.2 Å². The first-order valence-electron chi connectivity index (χ1n) is 5.10. The van der Waals surface area contributed by atoms with Gasteiger partial charge in [-0.1, -0.05) is 12.2 Å². The molecule has 1 saturated heterocycles. The van der Waals surface area contributed by atoms with Crippen molar-refractivity contribution in [1.82, 2.24) is 0 Å². The Morgan fingerprint density at radius 1 is 1.56 bits per heavy atom. The van der Waals surface area contributed by atoms with E-state index in [1.807, 2.05) is 18.2 Å². The molecule has 0 saturated carbocycles. The number of hydrogen-bond acceptors (Lipinski definition) is 3. The van der Waals surface area contributed by atoms with Crippen molar-refractivity contribution in [2.75, 3.05) is 18.5 Å². The number of nitrogens with two attached hydrogens (primary N) is 1. The van der Waals surface area contributed by atoms with Gasteiger partial charge in [0.15, 0.2) is 0 Å². The number of anilines is 1. The Morgan fingerprint density at radius 2 is 2.38 bits per heavy atom. The molecule has 0 radical (unpaired) electrons. The van der Waals surface area contributed by atoms with Gasteiger partial charge in [0.25, 0.3) is 0 Å². The van der Waals surface area contributed by atoms with Crippen LogP contribution in [0.3, 0.4) is 0 Å². The van der Waals surface area contributed by atoms with Gasteiger partial charge in [0, 0.05) is 22.3 Å². The summed E-state index contributed by atoms with van der Waals surface area (Å²) >= 11 is 8.40. The molecule has 1 fully saturated rings. The SMILES string of the molecule is NC(=S)c1ccc(NC2CCOC2)cc1Br. The van der Waals surface area contributed by atoms with Crippen LogP contribution in [-0.2, 0) is 4.74 Å². The third-order valence-corrected chi connectivity index (χ3v) is 3.41. The van der Waals surface area contributed by atoms with Gasteiger partial charge >= 0.3 is 0 Å². The minimum atomic E-state index is 0.405. The van der Waals surface area contributed by atoms with Crippen molar-refractivity contribution < 1.29 is 4.74 Å². The summed E-state index contributed by atoms with van der Waals surface area (Å²) in [5.41, 5.74) is 7.51. The second kappa shape index (κ2) is 5.12. The van der Waals surface area contributed by atoms with Gasteiger partial charge in [-0.05, 0) is 40.5 Å². The van der Waals surface area contributed by atoms with E-state index in [-0.39, 0.29) is 0 Å². The van der Waals surface area contributed by atoms with Crippen molar-refractivity contribution >= 4 is 38.8 Å². The minimum absolute atomic E-state index is 0.405. The summed E-state index contributed by atoms with van der Waals surface area (Å²) in [5, 5.41) is 3.41. The quantitative estimate of drug-likeness (QED) is 0.841. The fourth-order valence-corrected chi connectivity index (χ4v) is 2.59. The topological polar surface area (TPSA) is 47.3 Å². The Kier molecular flexibility index (Phi) is 3.78. The first-order chi connectivity index (χ1) is 7.66. The number of halogens is 1. The Balaban J connectivity index is 2.11. The molecule has 0 amide bonds. The highest BCUT2D eigenvalue weighted by Crippen LogP contribution is 2.23. The summed E-state index contributed by atoms with van der Waals surface area (Å²) in [7, 11) is 0. The molecule has 1 unspecified atom stereocenters. The molecule has 1 aliphatic rings. The third kappa shape index (κ3) is 2.72. The molecule has 86 valence electrons. The molecular weight excluding hydrogens is 288 g/mol. The van der Waals surface area contributed by atoms with Crippen LogP contribution in [0.15, 0.2) is 22.7 Å². The predicted octanol–water partition coefficient (Wildman–Crippen LogP) is 2.28. The zero-order chi connectivity index (χ0) is 11.5. The number of thiocarbonyl (C=S) groups is 1. The van der Waals surface area contributed by atoms with Crippen LogP contribution in [0, 0.1) is 0 Å². The number of nitrogens with one attached hydrogen (secondary N) is 1. The molecule has 0 bridgehead atoms. The average molecular weight is 301 g/mol. The summed E-state index contributed by atoms with van der Waals surface area (Å²) in [6.45, 7) is 1.61. The number of ether oxygens (including phenoxy) is 1. The van der Waals surface area contributed by atoms with E-state index in [1.165, 1.54) is 0 Å². The van der Waals surface area contributed by atoms with E-state index in [0.29, 0.717) is 11.0 Å². The van der Waals surface area contributed by atoms with Gasteiger partial charge in [-0.15, -0.1) is 0 Å². The summed E-state index contributed by atoms with van der Waals surface area (Å²) in [6, 6.07) is 6.30. The smallest absolute Gasteiger partial charge is 0.105 e. The molecular formula is C11H13BrN2OS. The fraction of sp³-hybridized carbons (Fsp3) is 0.364. The van der Waals surface area contributed by atoms with Crippen LogP contribution in [0.1, 0.15) is 12.0 Å². The predicted molar refractivity (Wildman–Crippen MR) is 72.9 cm³/mol. The average Bonchev–Trinajstić information content (AvgIpc) is 2.70. The molecule has 2 rings (SSSR count). The van der Waals surface area contributed by atoms with Crippen LogP contribution < -0.4 is 11.1 Å². The molecule has 1 aromatic carbocycles. The van der Waals surface area contributed by atoms with Crippen LogP contribution in [0.5, 0.6) is 0 Å². The summed E-state index contributed by atoms with van der Waals surface area (Å²) in [5.74, 6) is 0. The van der Waals surface area contributed by atoms with Gasteiger partial charge in [0.2, 0.25) is 0 Å². The Morgan fingerprint density at radius 3 is 2.94 bits per heavy atom. The van der Waals surface area contributed by atoms with Crippen LogP contribution in [0.4, 0.5) is 5.69 Å². The van der Waals surface area contributed by atoms with Crippen molar-refractivity contribution in [3.05, 3.63) is 28.2 Å². The maximum absolute atomic E-state index is 5.59. The normalized spacial score (nSPS) is 19.7. The van der Waals surface area contributed by atoms with Gasteiger partial charge in [0.1, 0.15) is 4.99 Å². The Bertz CT molecular complexity index is 405. The second-order valence-corrected chi connectivity index (χ2v) is 5.06. The Hall–Kier alpha value is -0.650. The highest BCUT2D eigenvalue weighted by molar-refractivity contribution is 9.10. The lowest BCUT2D eigenvalue weighted by Crippen LogP contribution is -2.19. The van der Waals surface area contributed by atoms with Crippen molar-refractivity contribution in [2.45, 2.75) is 12.5 Å². The summed E-state index contributed by atoms with van der Waals surface area (Å²) in [6.07, 6.45) is 1.05. The molecule has 1 aromatic rings. The lowest BCUT2D eigenvalue weighted by molar-refractivity contribution is 0.195. The molecule has 1 heterocycles. The van der Waals surface area contributed by atoms with Gasteiger partial charge in [-0.25, -0.2) is 0 Å². The number of hydrogen-bond donors (Lipinski definition) is 2. The van der Waals surface area contributed by atoms with E-state index < -0.39 is 0 Å². The maximum Gasteiger partial charge on any atom is 0.105 e. The molecule has 0 spiro atoms. The number of rotatable bonds is 3. The van der Waals surface area contributed by atoms with Gasteiger partial charge in [0.05, 0.1) is 12.6 Å². The lowest BCUT2D eigenvalue weighted by atomic mass is 10.2. The molecule has 1 aliphatic heterocycles. The highest BCUT2D eigenvalue weighted by atomic mass is 79.9. The molecule has 3 N–H and O–H groups in total. The minimum Gasteiger partial charge on any atom is -0.389 e. The van der Waals surface area contributed by atoms with Gasteiger partial charge < -0.3 is 15.8 Å². The first kappa shape index (κ1) is 11.8. The highest BCUT2D eigenvalue weighted by Gasteiger charge is 2.15. The van der Waals surface area contributed by atoms with Gasteiger partial charge in [-0.2, -0.15) is 0 Å². The lowest BCUT2D eigenvalue weighted by Gasteiger charge is -2.13. The zero-order valence-electron chi connectivity index (χ0n) is 8.70. The first-order valence-corrected chi connectivity index (χ1v) is 6.30. The van der Waals surface area contributed by atoms with E-state index in [1.54, 1.807) is 0 Å². The molecule has 5 heteroatoms. The zero-order valence-corrected chi connectivity index (χ0v) is 11.1. The number of benzene rings is 1.